The van der Waals surface area contributed by atoms with Gasteiger partial charge >= 0.3 is 0 Å². The summed E-state index contributed by atoms with van der Waals surface area (Å²) in [5.41, 5.74) is 7.01. The molecule has 0 aliphatic heterocycles. The van der Waals surface area contributed by atoms with Gasteiger partial charge in [-0.15, -0.1) is 0 Å². The molecule has 0 aliphatic rings. The molecule has 26 heavy (non-hydrogen) atoms. The van der Waals surface area contributed by atoms with Crippen molar-refractivity contribution in [3.63, 3.8) is 0 Å². The van der Waals surface area contributed by atoms with E-state index in [1.54, 1.807) is 0 Å². The third kappa shape index (κ3) is 3.81. The molecule has 3 aromatic rings. The zero-order valence-corrected chi connectivity index (χ0v) is 14.8. The maximum Gasteiger partial charge on any atom is -0.00992 e. The van der Waals surface area contributed by atoms with Gasteiger partial charge in [-0.1, -0.05) is 122 Å². The molecule has 0 N–H and O–H groups in total. The van der Waals surface area contributed by atoms with Crippen LogP contribution < -0.4 is 0 Å². The van der Waals surface area contributed by atoms with E-state index in [4.69, 9.17) is 0 Å². The van der Waals surface area contributed by atoms with Crippen molar-refractivity contribution in [3.05, 3.63) is 145 Å². The molecule has 0 saturated heterocycles. The minimum atomic E-state index is 1.15. The Morgan fingerprint density at radius 1 is 0.500 bits per heavy atom. The fourth-order valence-electron chi connectivity index (χ4n) is 3.11. The van der Waals surface area contributed by atoms with E-state index in [0.29, 0.717) is 0 Å². The summed E-state index contributed by atoms with van der Waals surface area (Å²) in [6.07, 6.45) is 7.84. The van der Waals surface area contributed by atoms with Crippen molar-refractivity contribution in [2.24, 2.45) is 0 Å². The Labute approximate surface area is 156 Å². The molecule has 0 radical (unpaired) electrons. The zero-order valence-electron chi connectivity index (χ0n) is 14.8. The quantitative estimate of drug-likeness (QED) is 0.429. The Balaban J connectivity index is 2.22. The molecule has 0 heteroatoms. The smallest absolute Gasteiger partial charge is 0.00992 e. The highest BCUT2D eigenvalue weighted by atomic mass is 14.2. The van der Waals surface area contributed by atoms with Crippen LogP contribution in [0.15, 0.2) is 122 Å². The van der Waals surface area contributed by atoms with Crippen LogP contribution in [0.4, 0.5) is 0 Å². The van der Waals surface area contributed by atoms with Gasteiger partial charge in [0, 0.05) is 0 Å². The fraction of sp³-hybridized carbons (Fsp3) is 0. The van der Waals surface area contributed by atoms with E-state index in [-0.39, 0.29) is 0 Å². The summed E-state index contributed by atoms with van der Waals surface area (Å²) in [5, 5.41) is 0. The molecule has 0 heterocycles. The van der Waals surface area contributed by atoms with Gasteiger partial charge in [0.1, 0.15) is 0 Å². The van der Waals surface area contributed by atoms with Crippen molar-refractivity contribution in [1.82, 2.24) is 0 Å². The van der Waals surface area contributed by atoms with Gasteiger partial charge in [-0.2, -0.15) is 0 Å². The predicted octanol–water partition coefficient (Wildman–Crippen LogP) is 6.92. The first-order valence-electron chi connectivity index (χ1n) is 8.71. The second-order valence-corrected chi connectivity index (χ2v) is 5.91. The van der Waals surface area contributed by atoms with Crippen molar-refractivity contribution in [1.29, 1.82) is 0 Å². The maximum atomic E-state index is 3.91. The summed E-state index contributed by atoms with van der Waals surface area (Å²) in [7, 11) is 0. The molecule has 0 aromatic heterocycles. The summed E-state index contributed by atoms with van der Waals surface area (Å²) in [6.45, 7) is 7.83. The molecule has 0 atom stereocenters. The molecule has 0 aliphatic carbocycles. The highest BCUT2D eigenvalue weighted by Gasteiger charge is 2.13. The minimum absolute atomic E-state index is 1.15. The minimum Gasteiger partial charge on any atom is -0.0990 e. The molecule has 126 valence electrons. The van der Waals surface area contributed by atoms with E-state index in [9.17, 15) is 0 Å². The van der Waals surface area contributed by atoms with Gasteiger partial charge in [0.15, 0.2) is 0 Å². The average Bonchev–Trinajstić information content (AvgIpc) is 2.72. The largest absolute Gasteiger partial charge is 0.0990 e. The lowest BCUT2D eigenvalue weighted by molar-refractivity contribution is 1.48. The van der Waals surface area contributed by atoms with E-state index in [2.05, 4.69) is 98.1 Å². The monoisotopic (exact) mass is 334 g/mol. The van der Waals surface area contributed by atoms with Crippen LogP contribution in [0.3, 0.4) is 0 Å². The Bertz CT molecular complexity index is 861. The van der Waals surface area contributed by atoms with Crippen LogP contribution in [0.25, 0.3) is 11.1 Å². The number of rotatable bonds is 6. The summed E-state index contributed by atoms with van der Waals surface area (Å²) in [4.78, 5) is 0. The van der Waals surface area contributed by atoms with E-state index < -0.39 is 0 Å². The molecular weight excluding hydrogens is 312 g/mol. The van der Waals surface area contributed by atoms with Crippen LogP contribution in [0.2, 0.25) is 0 Å². The van der Waals surface area contributed by atoms with Crippen LogP contribution in [0.1, 0.15) is 22.3 Å². The standard InChI is InChI=1S/C26H22/c1-3-13-23(21-15-7-5-8-16-21)25-19-11-12-20-26(25)24(14-4-2)22-17-9-6-10-18-22/h3-20H,1-2H2. The highest BCUT2D eigenvalue weighted by molar-refractivity contribution is 5.92. The Hall–Kier alpha value is -3.38. The first-order chi connectivity index (χ1) is 12.8. The Morgan fingerprint density at radius 2 is 0.846 bits per heavy atom. The molecule has 0 bridgehead atoms. The molecule has 0 unspecified atom stereocenters. The van der Waals surface area contributed by atoms with Crippen LogP contribution >= 0.6 is 0 Å². The van der Waals surface area contributed by atoms with Crippen LogP contribution in [-0.4, -0.2) is 0 Å². The van der Waals surface area contributed by atoms with E-state index in [1.807, 2.05) is 24.3 Å². The van der Waals surface area contributed by atoms with Gasteiger partial charge < -0.3 is 0 Å². The number of hydrogen-bond donors (Lipinski definition) is 0. The molecular formula is C26H22. The third-order valence-electron chi connectivity index (χ3n) is 4.25. The second-order valence-electron chi connectivity index (χ2n) is 5.91. The number of allylic oxidation sites excluding steroid dienone is 4. The first kappa shape index (κ1) is 17.4. The van der Waals surface area contributed by atoms with Crippen molar-refractivity contribution in [2.75, 3.05) is 0 Å². The molecule has 0 saturated carbocycles. The molecule has 0 nitrogen and oxygen atoms in total. The SMILES string of the molecule is C=CC=C(c1ccccc1)c1ccccc1C(=CC=C)c1ccccc1. The lowest BCUT2D eigenvalue weighted by Crippen LogP contribution is -1.96. The van der Waals surface area contributed by atoms with Gasteiger partial charge in [0.2, 0.25) is 0 Å². The summed E-state index contributed by atoms with van der Waals surface area (Å²) < 4.78 is 0. The van der Waals surface area contributed by atoms with Crippen LogP contribution in [0.5, 0.6) is 0 Å². The van der Waals surface area contributed by atoms with Gasteiger partial charge in [0.05, 0.1) is 0 Å². The average molecular weight is 334 g/mol. The molecule has 3 rings (SSSR count). The Kier molecular flexibility index (Phi) is 5.80. The Morgan fingerprint density at radius 3 is 1.19 bits per heavy atom. The van der Waals surface area contributed by atoms with E-state index in [1.165, 1.54) is 22.3 Å². The molecule has 0 spiro atoms. The van der Waals surface area contributed by atoms with Gasteiger partial charge in [-0.05, 0) is 33.4 Å². The number of benzene rings is 3. The maximum absolute atomic E-state index is 3.91. The van der Waals surface area contributed by atoms with E-state index >= 15 is 0 Å². The van der Waals surface area contributed by atoms with Crippen LogP contribution in [0, 0.1) is 0 Å². The molecule has 3 aromatic carbocycles. The third-order valence-corrected chi connectivity index (χ3v) is 4.25. The lowest BCUT2D eigenvalue weighted by atomic mass is 9.87. The number of hydrogen-bond acceptors (Lipinski definition) is 0. The van der Waals surface area contributed by atoms with Crippen molar-refractivity contribution in [2.45, 2.75) is 0 Å². The topological polar surface area (TPSA) is 0 Å². The van der Waals surface area contributed by atoms with Gasteiger partial charge in [0.25, 0.3) is 0 Å². The summed E-state index contributed by atoms with van der Waals surface area (Å²) in [5.74, 6) is 0. The second kappa shape index (κ2) is 8.64. The molecule has 0 fully saturated rings. The molecule has 0 amide bonds. The summed E-state index contributed by atoms with van der Waals surface area (Å²) in [6, 6.07) is 29.3. The van der Waals surface area contributed by atoms with Crippen LogP contribution in [-0.2, 0) is 0 Å². The first-order valence-corrected chi connectivity index (χ1v) is 8.71. The van der Waals surface area contributed by atoms with Gasteiger partial charge in [-0.3, -0.25) is 0 Å². The normalized spacial score (nSPS) is 11.8. The van der Waals surface area contributed by atoms with Crippen molar-refractivity contribution >= 4 is 11.1 Å². The fourth-order valence-corrected chi connectivity index (χ4v) is 3.11. The van der Waals surface area contributed by atoms with Crippen molar-refractivity contribution < 1.29 is 0 Å². The predicted molar refractivity (Wildman–Crippen MR) is 114 cm³/mol. The highest BCUT2D eigenvalue weighted by Crippen LogP contribution is 2.33. The summed E-state index contributed by atoms with van der Waals surface area (Å²) >= 11 is 0. The van der Waals surface area contributed by atoms with Crippen molar-refractivity contribution in [3.8, 4) is 0 Å². The van der Waals surface area contributed by atoms with E-state index in [0.717, 1.165) is 11.1 Å². The zero-order chi connectivity index (χ0) is 18.2. The lowest BCUT2D eigenvalue weighted by Gasteiger charge is -2.16. The van der Waals surface area contributed by atoms with Gasteiger partial charge in [-0.25, -0.2) is 0 Å².